The number of phosphoric acid groups is 2. The molecule has 0 radical (unpaired) electrons. The SMILES string of the molecule is O=C(COP(=O)(O)O)[C@@H](O)[C@H](O)[C@H](O)[C@H](O)COP(=O)(O)O. The number of carbonyl (C=O) groups is 1. The van der Waals surface area contributed by atoms with Crippen molar-refractivity contribution < 1.29 is 63.0 Å². The lowest BCUT2D eigenvalue weighted by molar-refractivity contribution is -0.148. The second-order valence-corrected chi connectivity index (χ2v) is 6.49. The van der Waals surface area contributed by atoms with Crippen molar-refractivity contribution in [3.63, 3.8) is 0 Å². The number of phosphoric ester groups is 2. The van der Waals surface area contributed by atoms with Crippen LogP contribution in [-0.4, -0.2) is 83.4 Å². The van der Waals surface area contributed by atoms with Gasteiger partial charge in [0.05, 0.1) is 6.61 Å². The minimum absolute atomic E-state index is 1.12. The number of Topliss-reactive ketones (excluding diaryl/α,β-unsaturated/α-hetero) is 1. The van der Waals surface area contributed by atoms with Crippen LogP contribution in [0.1, 0.15) is 0 Å². The van der Waals surface area contributed by atoms with Crippen molar-refractivity contribution >= 4 is 21.4 Å². The van der Waals surface area contributed by atoms with Crippen LogP contribution in [0, 0.1) is 0 Å². The Morgan fingerprint density at radius 1 is 0.864 bits per heavy atom. The number of aliphatic hydroxyl groups excluding tert-OH is 4. The molecule has 0 fully saturated rings. The van der Waals surface area contributed by atoms with Crippen molar-refractivity contribution in [3.8, 4) is 0 Å². The molecule has 0 amide bonds. The molecule has 0 aromatic carbocycles. The van der Waals surface area contributed by atoms with E-state index in [0.29, 0.717) is 0 Å². The van der Waals surface area contributed by atoms with Crippen LogP contribution in [0.15, 0.2) is 0 Å². The minimum atomic E-state index is -4.99. The summed E-state index contributed by atoms with van der Waals surface area (Å²) < 4.78 is 28.3. The number of rotatable bonds is 10. The van der Waals surface area contributed by atoms with Gasteiger partial charge in [-0.15, -0.1) is 0 Å². The summed E-state index contributed by atoms with van der Waals surface area (Å²) in [5.41, 5.74) is 0. The topological polar surface area (TPSA) is 232 Å². The van der Waals surface area contributed by atoms with Gasteiger partial charge in [0.25, 0.3) is 0 Å². The third kappa shape index (κ3) is 9.00. The molecule has 132 valence electrons. The van der Waals surface area contributed by atoms with Gasteiger partial charge in [-0.05, 0) is 0 Å². The van der Waals surface area contributed by atoms with Crippen LogP contribution in [-0.2, 0) is 23.0 Å². The normalized spacial score (nSPS) is 18.5. The maximum Gasteiger partial charge on any atom is 0.470 e. The molecule has 0 aliphatic carbocycles. The zero-order valence-corrected chi connectivity index (χ0v) is 12.5. The van der Waals surface area contributed by atoms with E-state index in [4.69, 9.17) is 19.6 Å². The van der Waals surface area contributed by atoms with Crippen LogP contribution in [0.3, 0.4) is 0 Å². The van der Waals surface area contributed by atoms with Crippen molar-refractivity contribution in [2.24, 2.45) is 0 Å². The molecular formula is C7H16O13P2. The summed E-state index contributed by atoms with van der Waals surface area (Å²) >= 11 is 0. The third-order valence-electron chi connectivity index (χ3n) is 2.19. The van der Waals surface area contributed by atoms with Gasteiger partial charge in [0.2, 0.25) is 0 Å². The molecule has 0 aliphatic rings. The van der Waals surface area contributed by atoms with E-state index >= 15 is 0 Å². The summed E-state index contributed by atoms with van der Waals surface area (Å²) in [6.07, 6.45) is -9.04. The standard InChI is InChI=1S/C7H16O13P2/c8-3(1-19-21(13,14)15)5(10)7(12)6(11)4(9)2-20-22(16,17)18/h3,5-8,10-12H,1-2H2,(H2,13,14,15)(H2,16,17,18)/t3-,5-,6-,7-/m1/s1. The molecule has 0 heterocycles. The number of hydrogen-bond donors (Lipinski definition) is 8. The molecule has 0 aliphatic heterocycles. The fraction of sp³-hybridized carbons (Fsp3) is 0.857. The molecule has 0 bridgehead atoms. The molecule has 8 N–H and O–H groups in total. The molecule has 0 saturated carbocycles. The van der Waals surface area contributed by atoms with E-state index in [0.717, 1.165) is 0 Å². The number of ketones is 1. The second kappa shape index (κ2) is 8.55. The summed E-state index contributed by atoms with van der Waals surface area (Å²) in [4.78, 5) is 44.7. The molecule has 0 spiro atoms. The van der Waals surface area contributed by atoms with Crippen LogP contribution < -0.4 is 0 Å². The monoisotopic (exact) mass is 370 g/mol. The summed E-state index contributed by atoms with van der Waals surface area (Å²) in [7, 11) is -9.94. The maximum absolute atomic E-state index is 11.2. The van der Waals surface area contributed by atoms with Crippen LogP contribution in [0.5, 0.6) is 0 Å². The first-order valence-corrected chi connectivity index (χ1v) is 8.46. The van der Waals surface area contributed by atoms with E-state index in [1.54, 1.807) is 0 Å². The molecule has 4 atom stereocenters. The molecule has 0 rings (SSSR count). The predicted octanol–water partition coefficient (Wildman–Crippen LogP) is -3.78. The highest BCUT2D eigenvalue weighted by atomic mass is 31.2. The lowest BCUT2D eigenvalue weighted by atomic mass is 10.0. The zero-order chi connectivity index (χ0) is 17.7. The quantitative estimate of drug-likeness (QED) is 0.173. The van der Waals surface area contributed by atoms with Crippen molar-refractivity contribution in [1.82, 2.24) is 0 Å². The largest absolute Gasteiger partial charge is 0.470 e. The Morgan fingerprint density at radius 2 is 1.32 bits per heavy atom. The summed E-state index contributed by atoms with van der Waals surface area (Å²) in [6.45, 7) is -2.41. The number of hydrogen-bond acceptors (Lipinski definition) is 9. The molecule has 0 aromatic rings. The fourth-order valence-electron chi connectivity index (χ4n) is 1.11. The smallest absolute Gasteiger partial charge is 0.388 e. The van der Waals surface area contributed by atoms with Crippen LogP contribution in [0.25, 0.3) is 0 Å². The second-order valence-electron chi connectivity index (χ2n) is 4.01. The highest BCUT2D eigenvalue weighted by molar-refractivity contribution is 7.46. The molecule has 0 aromatic heterocycles. The Labute approximate surface area is 123 Å². The van der Waals surface area contributed by atoms with Crippen molar-refractivity contribution in [1.29, 1.82) is 0 Å². The van der Waals surface area contributed by atoms with Gasteiger partial charge >= 0.3 is 15.6 Å². The Bertz CT molecular complexity index is 453. The molecular weight excluding hydrogens is 354 g/mol. The number of carbonyl (C=O) groups excluding carboxylic acids is 1. The Hall–Kier alpha value is -0.270. The van der Waals surface area contributed by atoms with Crippen LogP contribution in [0.2, 0.25) is 0 Å². The van der Waals surface area contributed by atoms with E-state index in [2.05, 4.69) is 9.05 Å². The van der Waals surface area contributed by atoms with Crippen molar-refractivity contribution in [2.45, 2.75) is 24.4 Å². The van der Waals surface area contributed by atoms with Crippen molar-refractivity contribution in [2.75, 3.05) is 13.2 Å². The van der Waals surface area contributed by atoms with E-state index in [1.165, 1.54) is 0 Å². The van der Waals surface area contributed by atoms with Gasteiger partial charge in [-0.3, -0.25) is 13.8 Å². The van der Waals surface area contributed by atoms with Crippen LogP contribution in [0.4, 0.5) is 0 Å². The lowest BCUT2D eigenvalue weighted by Crippen LogP contribution is -2.49. The summed E-state index contributed by atoms with van der Waals surface area (Å²) in [5, 5.41) is 37.4. The fourth-order valence-corrected chi connectivity index (χ4v) is 1.75. The van der Waals surface area contributed by atoms with Gasteiger partial charge in [-0.1, -0.05) is 0 Å². The first-order valence-electron chi connectivity index (χ1n) is 5.40. The van der Waals surface area contributed by atoms with E-state index in [-0.39, 0.29) is 0 Å². The summed E-state index contributed by atoms with van der Waals surface area (Å²) in [5.74, 6) is -1.42. The average molecular weight is 370 g/mol. The zero-order valence-electron chi connectivity index (χ0n) is 10.7. The Balaban J connectivity index is 4.53. The highest BCUT2D eigenvalue weighted by Gasteiger charge is 2.36. The van der Waals surface area contributed by atoms with Crippen LogP contribution >= 0.6 is 15.6 Å². The van der Waals surface area contributed by atoms with Gasteiger partial charge in [0.15, 0.2) is 5.78 Å². The first-order chi connectivity index (χ1) is 9.74. The van der Waals surface area contributed by atoms with Gasteiger partial charge in [0, 0.05) is 0 Å². The molecule has 22 heavy (non-hydrogen) atoms. The van der Waals surface area contributed by atoms with Gasteiger partial charge in [0.1, 0.15) is 31.0 Å². The van der Waals surface area contributed by atoms with E-state index in [1.807, 2.05) is 0 Å². The van der Waals surface area contributed by atoms with E-state index < -0.39 is 59.1 Å². The highest BCUT2D eigenvalue weighted by Crippen LogP contribution is 2.36. The van der Waals surface area contributed by atoms with Gasteiger partial charge < -0.3 is 40.0 Å². The minimum Gasteiger partial charge on any atom is -0.388 e. The molecule has 0 unspecified atom stereocenters. The van der Waals surface area contributed by atoms with E-state index in [9.17, 15) is 34.4 Å². The maximum atomic E-state index is 11.2. The average Bonchev–Trinajstić information content (AvgIpc) is 2.37. The van der Waals surface area contributed by atoms with Crippen molar-refractivity contribution in [3.05, 3.63) is 0 Å². The molecule has 0 saturated heterocycles. The number of aliphatic hydroxyl groups is 4. The molecule has 13 nitrogen and oxygen atoms in total. The first kappa shape index (κ1) is 21.7. The Morgan fingerprint density at radius 3 is 1.73 bits per heavy atom. The predicted molar refractivity (Wildman–Crippen MR) is 65.0 cm³/mol. The third-order valence-corrected chi connectivity index (χ3v) is 3.14. The Kier molecular flexibility index (Phi) is 8.44. The summed E-state index contributed by atoms with van der Waals surface area (Å²) in [6, 6.07) is 0. The molecule has 15 heteroatoms. The lowest BCUT2D eigenvalue weighted by Gasteiger charge is -2.25. The van der Waals surface area contributed by atoms with Gasteiger partial charge in [-0.25, -0.2) is 9.13 Å². The van der Waals surface area contributed by atoms with Gasteiger partial charge in [-0.2, -0.15) is 0 Å².